The molecular formula is C14H22IN5S. The first kappa shape index (κ1) is 18.0. The summed E-state index contributed by atoms with van der Waals surface area (Å²) in [6.07, 6.45) is 3.91. The Morgan fingerprint density at radius 3 is 2.90 bits per heavy atom. The first-order valence-corrected chi connectivity index (χ1v) is 7.69. The molecule has 0 aliphatic rings. The summed E-state index contributed by atoms with van der Waals surface area (Å²) in [4.78, 5) is 5.84. The van der Waals surface area contributed by atoms with Gasteiger partial charge in [0.05, 0.1) is 19.3 Å². The number of nitrogens with zero attached hydrogens (tertiary/aromatic N) is 3. The van der Waals surface area contributed by atoms with Gasteiger partial charge in [0.2, 0.25) is 0 Å². The molecule has 0 radical (unpaired) electrons. The van der Waals surface area contributed by atoms with Crippen LogP contribution < -0.4 is 10.6 Å². The number of guanidine groups is 1. The predicted molar refractivity (Wildman–Crippen MR) is 99.5 cm³/mol. The smallest absolute Gasteiger partial charge is 0.191 e. The molecule has 0 saturated heterocycles. The van der Waals surface area contributed by atoms with Crippen LogP contribution in [0.3, 0.4) is 0 Å². The molecule has 0 aliphatic carbocycles. The fourth-order valence-electron chi connectivity index (χ4n) is 1.78. The first-order valence-electron chi connectivity index (χ1n) is 6.81. The maximum absolute atomic E-state index is 4.57. The molecule has 2 heterocycles. The second kappa shape index (κ2) is 9.78. The quantitative estimate of drug-likeness (QED) is 0.430. The monoisotopic (exact) mass is 419 g/mol. The van der Waals surface area contributed by atoms with Crippen molar-refractivity contribution in [2.45, 2.75) is 26.9 Å². The third kappa shape index (κ3) is 6.47. The lowest BCUT2D eigenvalue weighted by atomic mass is 10.4. The number of aliphatic imine (C=N–C) groups is 1. The van der Waals surface area contributed by atoms with Gasteiger partial charge in [0.25, 0.3) is 0 Å². The fraction of sp³-hybridized carbons (Fsp3) is 0.429. The van der Waals surface area contributed by atoms with E-state index in [1.165, 1.54) is 10.4 Å². The zero-order chi connectivity index (χ0) is 14.2. The van der Waals surface area contributed by atoms with E-state index in [-0.39, 0.29) is 24.0 Å². The van der Waals surface area contributed by atoms with Crippen molar-refractivity contribution in [2.24, 2.45) is 4.99 Å². The van der Waals surface area contributed by atoms with E-state index >= 15 is 0 Å². The Balaban J connectivity index is 0.00000220. The molecule has 0 aromatic carbocycles. The zero-order valence-electron chi connectivity index (χ0n) is 12.4. The van der Waals surface area contributed by atoms with Gasteiger partial charge >= 0.3 is 0 Å². The molecule has 0 atom stereocenters. The number of rotatable bonds is 6. The van der Waals surface area contributed by atoms with Gasteiger partial charge in [-0.1, -0.05) is 6.07 Å². The molecule has 2 rings (SSSR count). The van der Waals surface area contributed by atoms with Crippen molar-refractivity contribution in [3.8, 4) is 0 Å². The molecule has 0 unspecified atom stereocenters. The van der Waals surface area contributed by atoms with Crippen molar-refractivity contribution in [3.63, 3.8) is 0 Å². The minimum Gasteiger partial charge on any atom is -0.357 e. The number of aryl methyl sites for hydroxylation is 1. The molecule has 0 amide bonds. The van der Waals surface area contributed by atoms with E-state index in [4.69, 9.17) is 0 Å². The van der Waals surface area contributed by atoms with Gasteiger partial charge < -0.3 is 10.6 Å². The highest BCUT2D eigenvalue weighted by molar-refractivity contribution is 14.0. The number of hydrogen-bond donors (Lipinski definition) is 2. The van der Waals surface area contributed by atoms with Crippen molar-refractivity contribution in [2.75, 3.05) is 13.1 Å². The lowest BCUT2D eigenvalue weighted by Crippen LogP contribution is -2.38. The fourth-order valence-corrected chi connectivity index (χ4v) is 2.41. The van der Waals surface area contributed by atoms with Gasteiger partial charge in [0.1, 0.15) is 0 Å². The lowest BCUT2D eigenvalue weighted by molar-refractivity contribution is 0.597. The van der Waals surface area contributed by atoms with Gasteiger partial charge in [-0.3, -0.25) is 4.68 Å². The Morgan fingerprint density at radius 1 is 1.43 bits per heavy atom. The van der Waals surface area contributed by atoms with E-state index in [1.54, 1.807) is 11.3 Å². The van der Waals surface area contributed by atoms with Crippen molar-refractivity contribution in [1.29, 1.82) is 0 Å². The van der Waals surface area contributed by atoms with E-state index in [1.807, 2.05) is 24.0 Å². The topological polar surface area (TPSA) is 54.2 Å². The number of hydrogen-bond acceptors (Lipinski definition) is 3. The molecule has 2 aromatic heterocycles. The average molecular weight is 419 g/mol. The SMILES string of the molecule is CCNC(=NCc1cccs1)NCCn1cc(C)cn1.I. The molecule has 7 heteroatoms. The summed E-state index contributed by atoms with van der Waals surface area (Å²) < 4.78 is 1.94. The molecular weight excluding hydrogens is 397 g/mol. The van der Waals surface area contributed by atoms with Gasteiger partial charge in [-0.25, -0.2) is 4.99 Å². The van der Waals surface area contributed by atoms with Crippen LogP contribution in [0.2, 0.25) is 0 Å². The zero-order valence-corrected chi connectivity index (χ0v) is 15.5. The summed E-state index contributed by atoms with van der Waals surface area (Å²) in [5.41, 5.74) is 1.18. The minimum atomic E-state index is 0. The molecule has 2 aromatic rings. The number of aromatic nitrogens is 2. The highest BCUT2D eigenvalue weighted by Gasteiger charge is 1.99. The van der Waals surface area contributed by atoms with Crippen LogP contribution in [0.25, 0.3) is 0 Å². The molecule has 5 nitrogen and oxygen atoms in total. The van der Waals surface area contributed by atoms with E-state index in [0.717, 1.165) is 25.6 Å². The summed E-state index contributed by atoms with van der Waals surface area (Å²) in [6, 6.07) is 4.15. The van der Waals surface area contributed by atoms with Crippen LogP contribution in [0.1, 0.15) is 17.4 Å². The van der Waals surface area contributed by atoms with Crippen LogP contribution in [-0.2, 0) is 13.1 Å². The molecule has 0 bridgehead atoms. The van der Waals surface area contributed by atoms with Gasteiger partial charge in [0.15, 0.2) is 5.96 Å². The van der Waals surface area contributed by atoms with Crippen LogP contribution in [0.15, 0.2) is 34.9 Å². The standard InChI is InChI=1S/C14H21N5S.HI/c1-3-15-14(17-10-13-5-4-8-20-13)16-6-7-19-11-12(2)9-18-19;/h4-5,8-9,11H,3,6-7,10H2,1-2H3,(H2,15,16,17);1H. The third-order valence-corrected chi connectivity index (χ3v) is 3.57. The van der Waals surface area contributed by atoms with Crippen LogP contribution in [0.5, 0.6) is 0 Å². The molecule has 116 valence electrons. The molecule has 0 saturated carbocycles. The second-order valence-corrected chi connectivity index (χ2v) is 5.51. The van der Waals surface area contributed by atoms with Crippen LogP contribution >= 0.6 is 35.3 Å². The first-order chi connectivity index (χ1) is 9.78. The molecule has 2 N–H and O–H groups in total. The van der Waals surface area contributed by atoms with Gasteiger partial charge in [-0.05, 0) is 30.9 Å². The van der Waals surface area contributed by atoms with E-state index in [0.29, 0.717) is 6.54 Å². The average Bonchev–Trinajstić information content (AvgIpc) is 3.08. The van der Waals surface area contributed by atoms with Crippen molar-refractivity contribution in [1.82, 2.24) is 20.4 Å². The third-order valence-electron chi connectivity index (χ3n) is 2.71. The van der Waals surface area contributed by atoms with E-state index in [9.17, 15) is 0 Å². The number of halogens is 1. The Hall–Kier alpha value is -1.09. The van der Waals surface area contributed by atoms with Crippen LogP contribution in [-0.4, -0.2) is 28.8 Å². The normalized spacial score (nSPS) is 11.0. The highest BCUT2D eigenvalue weighted by atomic mass is 127. The van der Waals surface area contributed by atoms with E-state index < -0.39 is 0 Å². The Morgan fingerprint density at radius 2 is 2.29 bits per heavy atom. The van der Waals surface area contributed by atoms with Gasteiger partial charge in [-0.15, -0.1) is 35.3 Å². The molecule has 0 spiro atoms. The van der Waals surface area contributed by atoms with Gasteiger partial charge in [-0.2, -0.15) is 5.10 Å². The molecule has 21 heavy (non-hydrogen) atoms. The van der Waals surface area contributed by atoms with E-state index in [2.05, 4.69) is 45.2 Å². The number of thiophene rings is 1. The second-order valence-electron chi connectivity index (χ2n) is 4.48. The Bertz CT molecular complexity index is 535. The summed E-state index contributed by atoms with van der Waals surface area (Å²) >= 11 is 1.73. The summed E-state index contributed by atoms with van der Waals surface area (Å²) in [7, 11) is 0. The summed E-state index contributed by atoms with van der Waals surface area (Å²) in [6.45, 7) is 7.32. The van der Waals surface area contributed by atoms with Crippen LogP contribution in [0.4, 0.5) is 0 Å². The minimum absolute atomic E-state index is 0. The Labute approximate surface area is 146 Å². The lowest BCUT2D eigenvalue weighted by Gasteiger charge is -2.11. The highest BCUT2D eigenvalue weighted by Crippen LogP contribution is 2.09. The van der Waals surface area contributed by atoms with Crippen molar-refractivity contribution < 1.29 is 0 Å². The van der Waals surface area contributed by atoms with Crippen molar-refractivity contribution >= 4 is 41.3 Å². The largest absolute Gasteiger partial charge is 0.357 e. The Kier molecular flexibility index (Phi) is 8.36. The summed E-state index contributed by atoms with van der Waals surface area (Å²) in [5, 5.41) is 12.9. The van der Waals surface area contributed by atoms with Crippen molar-refractivity contribution in [3.05, 3.63) is 40.3 Å². The predicted octanol–water partition coefficient (Wildman–Crippen LogP) is 2.63. The molecule has 0 aliphatic heterocycles. The maximum atomic E-state index is 4.57. The number of nitrogens with one attached hydrogen (secondary N) is 2. The van der Waals surface area contributed by atoms with Gasteiger partial charge in [0, 0.05) is 24.2 Å². The molecule has 0 fully saturated rings. The maximum Gasteiger partial charge on any atom is 0.191 e. The van der Waals surface area contributed by atoms with Crippen LogP contribution in [0, 0.1) is 6.92 Å². The summed E-state index contributed by atoms with van der Waals surface area (Å²) in [5.74, 6) is 0.852.